The summed E-state index contributed by atoms with van der Waals surface area (Å²) in [4.78, 5) is 0. The molecule has 2 aromatic carbocycles. The van der Waals surface area contributed by atoms with Crippen LogP contribution in [0.4, 0.5) is 5.69 Å². The van der Waals surface area contributed by atoms with E-state index in [0.29, 0.717) is 11.7 Å². The third-order valence-electron chi connectivity index (χ3n) is 2.70. The van der Waals surface area contributed by atoms with Crippen molar-refractivity contribution in [3.63, 3.8) is 0 Å². The molecule has 2 rings (SSSR count). The molecular formula is C16H17BrN2OS. The van der Waals surface area contributed by atoms with Gasteiger partial charge in [0.05, 0.1) is 6.04 Å². The minimum absolute atomic E-state index is 0.109. The molecule has 21 heavy (non-hydrogen) atoms. The largest absolute Gasteiger partial charge is 0.491 e. The molecule has 3 nitrogen and oxygen atoms in total. The standard InChI is InChI=1S/C16H17BrN2OS/c1-12(11-20-15-8-3-2-4-9-15)18-16(21)19-14-7-5-6-13(17)10-14/h2-10,12H,11H2,1H3,(H2,18,19,21). The SMILES string of the molecule is CC(COc1ccccc1)NC(=S)Nc1cccc(Br)c1. The van der Waals surface area contributed by atoms with Crippen LogP contribution in [0.5, 0.6) is 5.75 Å². The second kappa shape index (κ2) is 8.00. The molecule has 0 bridgehead atoms. The Labute approximate surface area is 138 Å². The van der Waals surface area contributed by atoms with Crippen molar-refractivity contribution in [1.29, 1.82) is 0 Å². The van der Waals surface area contributed by atoms with E-state index in [-0.39, 0.29) is 6.04 Å². The van der Waals surface area contributed by atoms with Crippen molar-refractivity contribution in [2.24, 2.45) is 0 Å². The molecule has 110 valence electrons. The fourth-order valence-electron chi connectivity index (χ4n) is 1.74. The van der Waals surface area contributed by atoms with E-state index in [1.807, 2.05) is 61.5 Å². The summed E-state index contributed by atoms with van der Waals surface area (Å²) in [5.41, 5.74) is 0.943. The smallest absolute Gasteiger partial charge is 0.171 e. The predicted molar refractivity (Wildman–Crippen MR) is 94.9 cm³/mol. The summed E-state index contributed by atoms with van der Waals surface area (Å²) >= 11 is 8.72. The molecule has 1 atom stereocenters. The molecule has 5 heteroatoms. The molecule has 0 aromatic heterocycles. The van der Waals surface area contributed by atoms with Crippen molar-refractivity contribution < 1.29 is 4.74 Å². The van der Waals surface area contributed by atoms with E-state index < -0.39 is 0 Å². The molecule has 0 heterocycles. The fraction of sp³-hybridized carbons (Fsp3) is 0.188. The van der Waals surface area contributed by atoms with Gasteiger partial charge in [-0.2, -0.15) is 0 Å². The zero-order valence-corrected chi connectivity index (χ0v) is 14.1. The van der Waals surface area contributed by atoms with E-state index in [0.717, 1.165) is 15.9 Å². The van der Waals surface area contributed by atoms with Gasteiger partial charge in [-0.1, -0.05) is 40.2 Å². The van der Waals surface area contributed by atoms with Crippen molar-refractivity contribution in [3.8, 4) is 5.75 Å². The molecule has 0 aliphatic carbocycles. The van der Waals surface area contributed by atoms with Gasteiger partial charge in [-0.15, -0.1) is 0 Å². The van der Waals surface area contributed by atoms with Gasteiger partial charge in [-0.05, 0) is 49.5 Å². The second-order valence-electron chi connectivity index (χ2n) is 4.63. The number of thiocarbonyl (C=S) groups is 1. The molecule has 0 aliphatic rings. The molecule has 0 aliphatic heterocycles. The monoisotopic (exact) mass is 364 g/mol. The summed E-state index contributed by atoms with van der Waals surface area (Å²) in [5.74, 6) is 0.858. The number of anilines is 1. The Kier molecular flexibility index (Phi) is 6.02. The van der Waals surface area contributed by atoms with Crippen LogP contribution in [0.15, 0.2) is 59.1 Å². The van der Waals surface area contributed by atoms with Crippen LogP contribution in [0.25, 0.3) is 0 Å². The lowest BCUT2D eigenvalue weighted by Gasteiger charge is -2.17. The first-order valence-corrected chi connectivity index (χ1v) is 7.84. The summed E-state index contributed by atoms with van der Waals surface area (Å²) < 4.78 is 6.69. The first-order chi connectivity index (χ1) is 10.1. The lowest BCUT2D eigenvalue weighted by molar-refractivity contribution is 0.287. The normalized spacial score (nSPS) is 11.5. The van der Waals surface area contributed by atoms with Gasteiger partial charge in [0.15, 0.2) is 5.11 Å². The number of hydrogen-bond acceptors (Lipinski definition) is 2. The topological polar surface area (TPSA) is 33.3 Å². The second-order valence-corrected chi connectivity index (χ2v) is 5.96. The maximum absolute atomic E-state index is 5.68. The van der Waals surface area contributed by atoms with Gasteiger partial charge in [0, 0.05) is 10.2 Å². The molecule has 2 aromatic rings. The van der Waals surface area contributed by atoms with Crippen LogP contribution in [0, 0.1) is 0 Å². The van der Waals surface area contributed by atoms with E-state index in [1.54, 1.807) is 0 Å². The van der Waals surface area contributed by atoms with Gasteiger partial charge in [-0.25, -0.2) is 0 Å². The van der Waals surface area contributed by atoms with E-state index >= 15 is 0 Å². The zero-order valence-electron chi connectivity index (χ0n) is 11.7. The first-order valence-electron chi connectivity index (χ1n) is 6.64. The fourth-order valence-corrected chi connectivity index (χ4v) is 2.46. The molecule has 0 saturated carbocycles. The summed E-state index contributed by atoms with van der Waals surface area (Å²) in [6.07, 6.45) is 0. The van der Waals surface area contributed by atoms with Crippen molar-refractivity contribution in [2.45, 2.75) is 13.0 Å². The molecule has 0 radical (unpaired) electrons. The van der Waals surface area contributed by atoms with Gasteiger partial charge in [0.1, 0.15) is 12.4 Å². The van der Waals surface area contributed by atoms with Gasteiger partial charge >= 0.3 is 0 Å². The highest BCUT2D eigenvalue weighted by Gasteiger charge is 2.05. The molecule has 0 fully saturated rings. The van der Waals surface area contributed by atoms with E-state index in [2.05, 4.69) is 26.6 Å². The van der Waals surface area contributed by atoms with Gasteiger partial charge in [0.25, 0.3) is 0 Å². The lowest BCUT2D eigenvalue weighted by Crippen LogP contribution is -2.39. The Morgan fingerprint density at radius 3 is 2.67 bits per heavy atom. The van der Waals surface area contributed by atoms with Crippen LogP contribution in [0.1, 0.15) is 6.92 Å². The third kappa shape index (κ3) is 5.73. The number of rotatable bonds is 5. The highest BCUT2D eigenvalue weighted by molar-refractivity contribution is 9.10. The van der Waals surface area contributed by atoms with Crippen molar-refractivity contribution in [2.75, 3.05) is 11.9 Å². The number of benzene rings is 2. The van der Waals surface area contributed by atoms with E-state index in [9.17, 15) is 0 Å². The summed E-state index contributed by atoms with van der Waals surface area (Å²) in [7, 11) is 0. The molecule has 0 saturated heterocycles. The Morgan fingerprint density at radius 2 is 1.95 bits per heavy atom. The lowest BCUT2D eigenvalue weighted by atomic mass is 10.3. The highest BCUT2D eigenvalue weighted by atomic mass is 79.9. The minimum Gasteiger partial charge on any atom is -0.491 e. The van der Waals surface area contributed by atoms with Crippen LogP contribution in [-0.4, -0.2) is 17.8 Å². The van der Waals surface area contributed by atoms with Crippen LogP contribution in [0.3, 0.4) is 0 Å². The number of ether oxygens (including phenoxy) is 1. The average Bonchev–Trinajstić information content (AvgIpc) is 2.46. The number of para-hydroxylation sites is 1. The third-order valence-corrected chi connectivity index (χ3v) is 3.42. The number of nitrogens with one attached hydrogen (secondary N) is 2. The molecule has 1 unspecified atom stereocenters. The van der Waals surface area contributed by atoms with Gasteiger partial charge in [-0.3, -0.25) is 0 Å². The molecular weight excluding hydrogens is 348 g/mol. The maximum atomic E-state index is 5.68. The molecule has 0 amide bonds. The van der Waals surface area contributed by atoms with Crippen molar-refractivity contribution in [1.82, 2.24) is 5.32 Å². The Bertz CT molecular complexity index is 592. The number of hydrogen-bond donors (Lipinski definition) is 2. The van der Waals surface area contributed by atoms with Crippen molar-refractivity contribution >= 4 is 38.9 Å². The number of halogens is 1. The average molecular weight is 365 g/mol. The van der Waals surface area contributed by atoms with Crippen LogP contribution >= 0.6 is 28.1 Å². The Hall–Kier alpha value is -1.59. The summed E-state index contributed by atoms with van der Waals surface area (Å²) in [6.45, 7) is 2.57. The summed E-state index contributed by atoms with van der Waals surface area (Å²) in [5, 5.41) is 6.93. The molecule has 0 spiro atoms. The van der Waals surface area contributed by atoms with Crippen LogP contribution in [0.2, 0.25) is 0 Å². The quantitative estimate of drug-likeness (QED) is 0.778. The van der Waals surface area contributed by atoms with E-state index in [4.69, 9.17) is 17.0 Å². The van der Waals surface area contributed by atoms with Gasteiger partial charge < -0.3 is 15.4 Å². The minimum atomic E-state index is 0.109. The predicted octanol–water partition coefficient (Wildman–Crippen LogP) is 4.20. The maximum Gasteiger partial charge on any atom is 0.171 e. The van der Waals surface area contributed by atoms with Gasteiger partial charge in [0.2, 0.25) is 0 Å². The van der Waals surface area contributed by atoms with Crippen LogP contribution < -0.4 is 15.4 Å². The zero-order chi connectivity index (χ0) is 15.1. The van der Waals surface area contributed by atoms with Crippen LogP contribution in [-0.2, 0) is 0 Å². The Morgan fingerprint density at radius 1 is 1.19 bits per heavy atom. The van der Waals surface area contributed by atoms with Crippen molar-refractivity contribution in [3.05, 3.63) is 59.1 Å². The molecule has 2 N–H and O–H groups in total. The first kappa shape index (κ1) is 15.8. The summed E-state index contributed by atoms with van der Waals surface area (Å²) in [6, 6.07) is 17.7. The highest BCUT2D eigenvalue weighted by Crippen LogP contribution is 2.15. The van der Waals surface area contributed by atoms with E-state index in [1.165, 1.54) is 0 Å². The Balaban J connectivity index is 1.77.